The van der Waals surface area contributed by atoms with Crippen LogP contribution in [0.2, 0.25) is 0 Å². The zero-order valence-corrected chi connectivity index (χ0v) is 12.6. The molecule has 1 rings (SSSR count). The van der Waals surface area contributed by atoms with Gasteiger partial charge in [0, 0.05) is 19.7 Å². The number of aliphatic hydroxyl groups excluding tert-OH is 1. The summed E-state index contributed by atoms with van der Waals surface area (Å²) >= 11 is 0. The van der Waals surface area contributed by atoms with Gasteiger partial charge in [0.25, 0.3) is 0 Å². The molecule has 4 nitrogen and oxygen atoms in total. The highest BCUT2D eigenvalue weighted by molar-refractivity contribution is 5.89. The Morgan fingerprint density at radius 1 is 1.30 bits per heavy atom. The average Bonchev–Trinajstić information content (AvgIpc) is 2.45. The quantitative estimate of drug-likeness (QED) is 0.717. The number of rotatable bonds is 8. The molecule has 112 valence electrons. The molecular weight excluding hydrogens is 254 g/mol. The first kappa shape index (κ1) is 16.7. The van der Waals surface area contributed by atoms with Crippen LogP contribution in [0.1, 0.15) is 42.6 Å². The summed E-state index contributed by atoms with van der Waals surface area (Å²) < 4.78 is 4.66. The van der Waals surface area contributed by atoms with E-state index in [1.54, 1.807) is 12.1 Å². The zero-order valence-electron chi connectivity index (χ0n) is 12.6. The molecule has 0 saturated heterocycles. The number of carbonyl (C=O) groups is 1. The van der Waals surface area contributed by atoms with Crippen LogP contribution in [-0.4, -0.2) is 31.3 Å². The Morgan fingerprint density at radius 2 is 1.95 bits per heavy atom. The van der Waals surface area contributed by atoms with Crippen LogP contribution in [0.25, 0.3) is 0 Å². The van der Waals surface area contributed by atoms with Crippen molar-refractivity contribution in [2.75, 3.05) is 20.3 Å². The summed E-state index contributed by atoms with van der Waals surface area (Å²) in [6, 6.07) is 7.42. The number of ether oxygens (including phenoxy) is 1. The molecule has 0 aliphatic rings. The summed E-state index contributed by atoms with van der Waals surface area (Å²) in [6.07, 6.45) is 1.83. The number of hydrogen-bond acceptors (Lipinski definition) is 4. The zero-order chi connectivity index (χ0) is 15.0. The lowest BCUT2D eigenvalue weighted by Crippen LogP contribution is -2.29. The lowest BCUT2D eigenvalue weighted by molar-refractivity contribution is 0.0600. The maximum atomic E-state index is 11.3. The molecule has 0 heterocycles. The maximum absolute atomic E-state index is 11.3. The minimum absolute atomic E-state index is 0.175. The number of methoxy groups -OCH3 is 1. The van der Waals surface area contributed by atoms with Crippen LogP contribution in [0.15, 0.2) is 24.3 Å². The van der Waals surface area contributed by atoms with Crippen molar-refractivity contribution in [1.29, 1.82) is 0 Å². The van der Waals surface area contributed by atoms with Crippen LogP contribution in [0.5, 0.6) is 0 Å². The number of aliphatic hydroxyl groups is 1. The SMILES string of the molecule is COC(=O)c1ccc(CNCC(C)(C)CCCO)cc1. The number of nitrogens with one attached hydrogen (secondary N) is 1. The van der Waals surface area contributed by atoms with E-state index in [9.17, 15) is 4.79 Å². The molecule has 4 heteroatoms. The highest BCUT2D eigenvalue weighted by atomic mass is 16.5. The van der Waals surface area contributed by atoms with E-state index in [-0.39, 0.29) is 18.0 Å². The lowest BCUT2D eigenvalue weighted by atomic mass is 9.88. The highest BCUT2D eigenvalue weighted by Gasteiger charge is 2.16. The van der Waals surface area contributed by atoms with Crippen LogP contribution < -0.4 is 5.32 Å². The van der Waals surface area contributed by atoms with E-state index >= 15 is 0 Å². The van der Waals surface area contributed by atoms with E-state index in [0.29, 0.717) is 5.56 Å². The summed E-state index contributed by atoms with van der Waals surface area (Å²) in [5, 5.41) is 12.3. The fraction of sp³-hybridized carbons (Fsp3) is 0.562. The highest BCUT2D eigenvalue weighted by Crippen LogP contribution is 2.20. The molecule has 0 amide bonds. The smallest absolute Gasteiger partial charge is 0.337 e. The first-order chi connectivity index (χ1) is 9.48. The van der Waals surface area contributed by atoms with E-state index in [4.69, 9.17) is 5.11 Å². The molecule has 0 unspecified atom stereocenters. The summed E-state index contributed by atoms with van der Waals surface area (Å²) in [5.41, 5.74) is 1.88. The van der Waals surface area contributed by atoms with Crippen molar-refractivity contribution in [3.05, 3.63) is 35.4 Å². The van der Waals surface area contributed by atoms with Gasteiger partial charge in [0.1, 0.15) is 0 Å². The van der Waals surface area contributed by atoms with Gasteiger partial charge in [-0.25, -0.2) is 4.79 Å². The van der Waals surface area contributed by atoms with Gasteiger partial charge in [-0.15, -0.1) is 0 Å². The Bertz CT molecular complexity index is 412. The second-order valence-corrected chi connectivity index (χ2v) is 5.78. The largest absolute Gasteiger partial charge is 0.465 e. The maximum Gasteiger partial charge on any atom is 0.337 e. The second-order valence-electron chi connectivity index (χ2n) is 5.78. The standard InChI is InChI=1S/C16H25NO3/c1-16(2,9-4-10-18)12-17-11-13-5-7-14(8-6-13)15(19)20-3/h5-8,17-18H,4,9-12H2,1-3H3. The van der Waals surface area contributed by atoms with Crippen LogP contribution in [0, 0.1) is 5.41 Å². The van der Waals surface area contributed by atoms with Gasteiger partial charge in [-0.3, -0.25) is 0 Å². The summed E-state index contributed by atoms with van der Waals surface area (Å²) in [6.45, 7) is 6.29. The monoisotopic (exact) mass is 279 g/mol. The van der Waals surface area contributed by atoms with Gasteiger partial charge in [0.15, 0.2) is 0 Å². The van der Waals surface area contributed by atoms with Crippen LogP contribution in [0.4, 0.5) is 0 Å². The van der Waals surface area contributed by atoms with Gasteiger partial charge in [-0.1, -0.05) is 26.0 Å². The molecular formula is C16H25NO3. The van der Waals surface area contributed by atoms with Gasteiger partial charge in [-0.05, 0) is 36.0 Å². The number of esters is 1. The average molecular weight is 279 g/mol. The minimum Gasteiger partial charge on any atom is -0.465 e. The molecule has 0 aromatic heterocycles. The van der Waals surface area contributed by atoms with E-state index in [0.717, 1.165) is 31.5 Å². The number of hydrogen-bond donors (Lipinski definition) is 2. The molecule has 0 aliphatic carbocycles. The van der Waals surface area contributed by atoms with Crippen molar-refractivity contribution < 1.29 is 14.6 Å². The molecule has 0 saturated carbocycles. The molecule has 0 fully saturated rings. The fourth-order valence-corrected chi connectivity index (χ4v) is 2.07. The molecule has 0 atom stereocenters. The Labute approximate surface area is 121 Å². The molecule has 2 N–H and O–H groups in total. The number of carbonyl (C=O) groups excluding carboxylic acids is 1. The van der Waals surface area contributed by atoms with Crippen LogP contribution in [-0.2, 0) is 11.3 Å². The predicted octanol–water partition coefficient (Wildman–Crippen LogP) is 2.36. The molecule has 0 bridgehead atoms. The fourth-order valence-electron chi connectivity index (χ4n) is 2.07. The topological polar surface area (TPSA) is 58.6 Å². The summed E-state index contributed by atoms with van der Waals surface area (Å²) in [5.74, 6) is -0.311. The van der Waals surface area contributed by atoms with Gasteiger partial charge < -0.3 is 15.2 Å². The van der Waals surface area contributed by atoms with E-state index in [1.807, 2.05) is 12.1 Å². The normalized spacial score (nSPS) is 11.4. The van der Waals surface area contributed by atoms with Crippen molar-refractivity contribution in [2.24, 2.45) is 5.41 Å². The van der Waals surface area contributed by atoms with E-state index < -0.39 is 0 Å². The van der Waals surface area contributed by atoms with Crippen LogP contribution in [0.3, 0.4) is 0 Å². The van der Waals surface area contributed by atoms with Gasteiger partial charge in [-0.2, -0.15) is 0 Å². The van der Waals surface area contributed by atoms with E-state index in [2.05, 4.69) is 23.9 Å². The Morgan fingerprint density at radius 3 is 2.50 bits per heavy atom. The first-order valence-corrected chi connectivity index (χ1v) is 6.97. The van der Waals surface area contributed by atoms with Crippen molar-refractivity contribution >= 4 is 5.97 Å². The summed E-state index contributed by atoms with van der Waals surface area (Å²) in [7, 11) is 1.38. The third kappa shape index (κ3) is 5.72. The van der Waals surface area contributed by atoms with Crippen molar-refractivity contribution in [2.45, 2.75) is 33.2 Å². The Balaban J connectivity index is 2.40. The molecule has 0 radical (unpaired) electrons. The van der Waals surface area contributed by atoms with Crippen LogP contribution >= 0.6 is 0 Å². The lowest BCUT2D eigenvalue weighted by Gasteiger charge is -2.24. The Hall–Kier alpha value is -1.39. The first-order valence-electron chi connectivity index (χ1n) is 6.97. The summed E-state index contributed by atoms with van der Waals surface area (Å²) in [4.78, 5) is 11.3. The molecule has 1 aromatic rings. The number of benzene rings is 1. The van der Waals surface area contributed by atoms with Gasteiger partial charge >= 0.3 is 5.97 Å². The Kier molecular flexibility index (Phi) is 6.68. The van der Waals surface area contributed by atoms with Gasteiger partial charge in [0.05, 0.1) is 12.7 Å². The molecule has 0 spiro atoms. The van der Waals surface area contributed by atoms with Gasteiger partial charge in [0.2, 0.25) is 0 Å². The molecule has 20 heavy (non-hydrogen) atoms. The predicted molar refractivity (Wildman–Crippen MR) is 79.6 cm³/mol. The molecule has 0 aliphatic heterocycles. The van der Waals surface area contributed by atoms with Crippen molar-refractivity contribution in [1.82, 2.24) is 5.32 Å². The minimum atomic E-state index is -0.311. The second kappa shape index (κ2) is 8.02. The van der Waals surface area contributed by atoms with Crippen molar-refractivity contribution in [3.63, 3.8) is 0 Å². The van der Waals surface area contributed by atoms with Crippen molar-refractivity contribution in [3.8, 4) is 0 Å². The van der Waals surface area contributed by atoms with E-state index in [1.165, 1.54) is 7.11 Å². The third-order valence-electron chi connectivity index (χ3n) is 3.32. The third-order valence-corrected chi connectivity index (χ3v) is 3.32. The molecule has 1 aromatic carbocycles.